The van der Waals surface area contributed by atoms with E-state index in [2.05, 4.69) is 0 Å². The summed E-state index contributed by atoms with van der Waals surface area (Å²) in [6, 6.07) is 25.0. The number of ether oxygens (including phenoxy) is 1. The molecular formula is C26H22ClNO2S. The van der Waals surface area contributed by atoms with Crippen LogP contribution in [0.15, 0.2) is 78.9 Å². The zero-order valence-electron chi connectivity index (χ0n) is 17.6. The summed E-state index contributed by atoms with van der Waals surface area (Å²) in [6.45, 7) is 1.91. The predicted molar refractivity (Wildman–Crippen MR) is 130 cm³/mol. The van der Waals surface area contributed by atoms with E-state index in [1.807, 2.05) is 92.6 Å². The molecule has 0 radical (unpaired) electrons. The second kappa shape index (κ2) is 8.96. The molecule has 0 atom stereocenters. The van der Waals surface area contributed by atoms with E-state index < -0.39 is 0 Å². The second-order valence-electron chi connectivity index (χ2n) is 7.45. The maximum atomic E-state index is 13.2. The Balaban J connectivity index is 1.65. The average molecular weight is 448 g/mol. The standard InChI is InChI=1S/C26H22ClNO2S/c1-17-15-19(27)11-14-22(17)25(29)24-16-23(26(31-24)28(2)3)18-9-12-21(13-10-18)30-20-7-5-4-6-8-20/h4-16H,1-3H3. The highest BCUT2D eigenvalue weighted by Crippen LogP contribution is 2.40. The molecule has 0 aliphatic heterocycles. The zero-order chi connectivity index (χ0) is 22.0. The van der Waals surface area contributed by atoms with Crippen molar-refractivity contribution >= 4 is 33.7 Å². The molecule has 0 unspecified atom stereocenters. The van der Waals surface area contributed by atoms with Crippen LogP contribution in [0.5, 0.6) is 11.5 Å². The van der Waals surface area contributed by atoms with Crippen LogP contribution in [0.2, 0.25) is 5.02 Å². The van der Waals surface area contributed by atoms with Crippen LogP contribution >= 0.6 is 22.9 Å². The van der Waals surface area contributed by atoms with Crippen LogP contribution in [0.4, 0.5) is 5.00 Å². The van der Waals surface area contributed by atoms with Gasteiger partial charge in [0.05, 0.1) is 9.88 Å². The molecule has 31 heavy (non-hydrogen) atoms. The summed E-state index contributed by atoms with van der Waals surface area (Å²) in [5, 5.41) is 1.67. The highest BCUT2D eigenvalue weighted by molar-refractivity contribution is 7.18. The van der Waals surface area contributed by atoms with E-state index in [4.69, 9.17) is 16.3 Å². The topological polar surface area (TPSA) is 29.5 Å². The number of carbonyl (C=O) groups excluding carboxylic acids is 1. The first-order chi connectivity index (χ1) is 14.9. The van der Waals surface area contributed by atoms with Crippen molar-refractivity contribution in [3.8, 4) is 22.6 Å². The number of thiophene rings is 1. The quantitative estimate of drug-likeness (QED) is 0.287. The van der Waals surface area contributed by atoms with Gasteiger partial charge in [-0.1, -0.05) is 41.9 Å². The van der Waals surface area contributed by atoms with E-state index in [9.17, 15) is 4.79 Å². The monoisotopic (exact) mass is 447 g/mol. The predicted octanol–water partition coefficient (Wildman–Crippen LogP) is 7.47. The number of rotatable bonds is 6. The Morgan fingerprint density at radius 2 is 1.58 bits per heavy atom. The van der Waals surface area contributed by atoms with Crippen molar-refractivity contribution < 1.29 is 9.53 Å². The lowest BCUT2D eigenvalue weighted by molar-refractivity contribution is 0.104. The van der Waals surface area contributed by atoms with E-state index in [1.165, 1.54) is 11.3 Å². The largest absolute Gasteiger partial charge is 0.457 e. The lowest BCUT2D eigenvalue weighted by atomic mass is 10.0. The lowest BCUT2D eigenvalue weighted by Gasteiger charge is -2.13. The van der Waals surface area contributed by atoms with Crippen LogP contribution in [0.1, 0.15) is 20.8 Å². The molecule has 0 N–H and O–H groups in total. The van der Waals surface area contributed by atoms with Gasteiger partial charge in [-0.05, 0) is 66.6 Å². The molecule has 1 heterocycles. The number of hydrogen-bond donors (Lipinski definition) is 0. The molecule has 0 aliphatic carbocycles. The van der Waals surface area contributed by atoms with Gasteiger partial charge in [0, 0.05) is 30.2 Å². The fourth-order valence-corrected chi connectivity index (χ4v) is 4.66. The van der Waals surface area contributed by atoms with Crippen LogP contribution in [0, 0.1) is 6.92 Å². The minimum atomic E-state index is 0.0116. The Labute approximate surface area is 191 Å². The van der Waals surface area contributed by atoms with Crippen molar-refractivity contribution in [3.63, 3.8) is 0 Å². The van der Waals surface area contributed by atoms with Gasteiger partial charge in [0.1, 0.15) is 11.5 Å². The highest BCUT2D eigenvalue weighted by atomic mass is 35.5. The first-order valence-electron chi connectivity index (χ1n) is 9.88. The SMILES string of the molecule is Cc1cc(Cl)ccc1C(=O)c1cc(-c2ccc(Oc3ccccc3)cc2)c(N(C)C)s1. The summed E-state index contributed by atoms with van der Waals surface area (Å²) in [5.41, 5.74) is 3.61. The Bertz CT molecular complexity index is 1210. The summed E-state index contributed by atoms with van der Waals surface area (Å²) in [7, 11) is 3.98. The van der Waals surface area contributed by atoms with E-state index in [1.54, 1.807) is 12.1 Å². The first kappa shape index (κ1) is 21.2. The van der Waals surface area contributed by atoms with Crippen molar-refractivity contribution in [1.29, 1.82) is 0 Å². The molecule has 0 amide bonds. The minimum Gasteiger partial charge on any atom is -0.457 e. The van der Waals surface area contributed by atoms with Gasteiger partial charge in [-0.2, -0.15) is 0 Å². The molecule has 0 saturated carbocycles. The molecule has 156 valence electrons. The molecule has 0 fully saturated rings. The number of halogens is 1. The van der Waals surface area contributed by atoms with E-state index >= 15 is 0 Å². The highest BCUT2D eigenvalue weighted by Gasteiger charge is 2.20. The van der Waals surface area contributed by atoms with Crippen molar-refractivity contribution in [1.82, 2.24) is 0 Å². The summed E-state index contributed by atoms with van der Waals surface area (Å²) >= 11 is 7.55. The number of ketones is 1. The molecule has 0 saturated heterocycles. The van der Waals surface area contributed by atoms with Crippen LogP contribution in [0.25, 0.3) is 11.1 Å². The number of anilines is 1. The molecule has 3 nitrogen and oxygen atoms in total. The Morgan fingerprint density at radius 3 is 2.23 bits per heavy atom. The summed E-state index contributed by atoms with van der Waals surface area (Å²) < 4.78 is 5.90. The van der Waals surface area contributed by atoms with E-state index in [-0.39, 0.29) is 5.78 Å². The van der Waals surface area contributed by atoms with Crippen molar-refractivity contribution in [2.45, 2.75) is 6.92 Å². The summed E-state index contributed by atoms with van der Waals surface area (Å²) in [5.74, 6) is 1.58. The fourth-order valence-electron chi connectivity index (χ4n) is 3.37. The number of benzene rings is 3. The van der Waals surface area contributed by atoms with Crippen LogP contribution in [-0.2, 0) is 0 Å². The van der Waals surface area contributed by atoms with Gasteiger partial charge in [-0.25, -0.2) is 0 Å². The minimum absolute atomic E-state index is 0.0116. The first-order valence-corrected chi connectivity index (χ1v) is 11.1. The molecule has 4 aromatic rings. The van der Waals surface area contributed by atoms with E-state index in [0.717, 1.165) is 33.2 Å². The maximum absolute atomic E-state index is 13.2. The molecule has 0 spiro atoms. The van der Waals surface area contributed by atoms with E-state index in [0.29, 0.717) is 15.5 Å². The fraction of sp³-hybridized carbons (Fsp3) is 0.115. The zero-order valence-corrected chi connectivity index (χ0v) is 19.1. The molecule has 0 bridgehead atoms. The molecular weight excluding hydrogens is 426 g/mol. The average Bonchev–Trinajstić information content (AvgIpc) is 3.20. The Hall–Kier alpha value is -3.08. The third-order valence-electron chi connectivity index (χ3n) is 4.92. The third-order valence-corrected chi connectivity index (χ3v) is 6.46. The number of aryl methyl sites for hydroxylation is 1. The van der Waals surface area contributed by atoms with Gasteiger partial charge in [0.15, 0.2) is 0 Å². The van der Waals surface area contributed by atoms with Crippen molar-refractivity contribution in [3.05, 3.63) is 99.9 Å². The second-order valence-corrected chi connectivity index (χ2v) is 8.92. The number of para-hydroxylation sites is 1. The van der Waals surface area contributed by atoms with Crippen LogP contribution in [0.3, 0.4) is 0 Å². The van der Waals surface area contributed by atoms with Crippen molar-refractivity contribution in [2.24, 2.45) is 0 Å². The van der Waals surface area contributed by atoms with Gasteiger partial charge in [0.2, 0.25) is 5.78 Å². The van der Waals surface area contributed by atoms with Crippen LogP contribution in [-0.4, -0.2) is 19.9 Å². The smallest absolute Gasteiger partial charge is 0.203 e. The Kier molecular flexibility index (Phi) is 6.12. The molecule has 4 rings (SSSR count). The van der Waals surface area contributed by atoms with Gasteiger partial charge in [-0.3, -0.25) is 4.79 Å². The van der Waals surface area contributed by atoms with Gasteiger partial charge < -0.3 is 9.64 Å². The van der Waals surface area contributed by atoms with Gasteiger partial charge in [-0.15, -0.1) is 11.3 Å². The number of hydrogen-bond acceptors (Lipinski definition) is 4. The van der Waals surface area contributed by atoms with Crippen LogP contribution < -0.4 is 9.64 Å². The van der Waals surface area contributed by atoms with Gasteiger partial charge in [0.25, 0.3) is 0 Å². The molecule has 0 aliphatic rings. The Morgan fingerprint density at radius 1 is 0.903 bits per heavy atom. The maximum Gasteiger partial charge on any atom is 0.203 e. The molecule has 5 heteroatoms. The van der Waals surface area contributed by atoms with Gasteiger partial charge >= 0.3 is 0 Å². The normalized spacial score (nSPS) is 10.7. The summed E-state index contributed by atoms with van der Waals surface area (Å²) in [6.07, 6.45) is 0. The summed E-state index contributed by atoms with van der Waals surface area (Å²) in [4.78, 5) is 15.9. The molecule has 3 aromatic carbocycles. The number of carbonyl (C=O) groups is 1. The molecule has 1 aromatic heterocycles. The van der Waals surface area contributed by atoms with Crippen molar-refractivity contribution in [2.75, 3.05) is 19.0 Å². The lowest BCUT2D eigenvalue weighted by Crippen LogP contribution is -2.07. The third kappa shape index (κ3) is 4.66. The number of nitrogens with zero attached hydrogens (tertiary/aromatic N) is 1.